The lowest BCUT2D eigenvalue weighted by Gasteiger charge is -2.08. The molecule has 4 aromatic rings. The molecule has 0 bridgehead atoms. The van der Waals surface area contributed by atoms with Crippen LogP contribution >= 0.6 is 22.7 Å². The van der Waals surface area contributed by atoms with E-state index >= 15 is 0 Å². The van der Waals surface area contributed by atoms with Crippen LogP contribution in [0.5, 0.6) is 11.5 Å². The van der Waals surface area contributed by atoms with Crippen molar-refractivity contribution in [2.75, 3.05) is 14.2 Å². The number of hydrogen-bond donors (Lipinski definition) is 0. The van der Waals surface area contributed by atoms with Crippen molar-refractivity contribution in [3.8, 4) is 32.8 Å². The molecule has 0 unspecified atom stereocenters. The Kier molecular flexibility index (Phi) is 5.82. The summed E-state index contributed by atoms with van der Waals surface area (Å²) in [7, 11) is 3.18. The standard InChI is InChI=1S/C21H18N2O5S2/c1-12-18(23-20(30-12)16-5-4-8-27-16)21(24)28-10-14-11-29-19(22-14)13-6-7-15(25-2)17(9-13)26-3/h4-9,11H,10H2,1-3H3. The Morgan fingerprint density at radius 3 is 2.67 bits per heavy atom. The second kappa shape index (κ2) is 8.68. The van der Waals surface area contributed by atoms with Crippen LogP contribution < -0.4 is 9.47 Å². The number of esters is 1. The summed E-state index contributed by atoms with van der Waals surface area (Å²) >= 11 is 2.85. The highest BCUT2D eigenvalue weighted by atomic mass is 32.1. The van der Waals surface area contributed by atoms with Crippen molar-refractivity contribution in [1.29, 1.82) is 0 Å². The first-order valence-electron chi connectivity index (χ1n) is 8.94. The van der Waals surface area contributed by atoms with Crippen molar-refractivity contribution < 1.29 is 23.4 Å². The van der Waals surface area contributed by atoms with E-state index in [4.69, 9.17) is 18.6 Å². The van der Waals surface area contributed by atoms with Gasteiger partial charge in [-0.2, -0.15) is 0 Å². The minimum absolute atomic E-state index is 0.0652. The van der Waals surface area contributed by atoms with E-state index in [1.165, 1.54) is 22.7 Å². The third-order valence-corrected chi connectivity index (χ3v) is 6.18. The maximum Gasteiger partial charge on any atom is 0.358 e. The van der Waals surface area contributed by atoms with Crippen LogP contribution in [0.2, 0.25) is 0 Å². The summed E-state index contributed by atoms with van der Waals surface area (Å²) in [5.41, 5.74) is 1.85. The average Bonchev–Trinajstić information content (AvgIpc) is 3.52. The predicted octanol–water partition coefficient (Wildman–Crippen LogP) is 5.21. The van der Waals surface area contributed by atoms with E-state index in [0.29, 0.717) is 33.7 Å². The maximum atomic E-state index is 12.5. The molecule has 0 aliphatic carbocycles. The lowest BCUT2D eigenvalue weighted by Crippen LogP contribution is -2.07. The van der Waals surface area contributed by atoms with Crippen molar-refractivity contribution in [1.82, 2.24) is 9.97 Å². The van der Waals surface area contributed by atoms with Crippen LogP contribution in [0.15, 0.2) is 46.4 Å². The van der Waals surface area contributed by atoms with E-state index in [1.54, 1.807) is 32.6 Å². The second-order valence-corrected chi connectivity index (χ2v) is 8.25. The van der Waals surface area contributed by atoms with E-state index in [0.717, 1.165) is 15.4 Å². The lowest BCUT2D eigenvalue weighted by molar-refractivity contribution is 0.0461. The second-order valence-electron chi connectivity index (χ2n) is 6.19. The Morgan fingerprint density at radius 1 is 1.10 bits per heavy atom. The molecule has 0 saturated carbocycles. The summed E-state index contributed by atoms with van der Waals surface area (Å²) < 4.78 is 21.4. The molecule has 3 aromatic heterocycles. The molecule has 30 heavy (non-hydrogen) atoms. The molecule has 4 rings (SSSR count). The molecule has 9 heteroatoms. The van der Waals surface area contributed by atoms with Gasteiger partial charge >= 0.3 is 5.97 Å². The summed E-state index contributed by atoms with van der Waals surface area (Å²) in [6.45, 7) is 1.90. The number of ether oxygens (including phenoxy) is 3. The number of aryl methyl sites for hydroxylation is 1. The number of aromatic nitrogens is 2. The van der Waals surface area contributed by atoms with Crippen LogP contribution in [0.4, 0.5) is 0 Å². The van der Waals surface area contributed by atoms with Crippen LogP contribution in [-0.2, 0) is 11.3 Å². The SMILES string of the molecule is COc1ccc(-c2nc(COC(=O)c3nc(-c4ccco4)sc3C)cs2)cc1OC. The zero-order valence-corrected chi connectivity index (χ0v) is 18.1. The Hall–Kier alpha value is -3.17. The van der Waals surface area contributed by atoms with Crippen LogP contribution in [0, 0.1) is 6.92 Å². The minimum Gasteiger partial charge on any atom is -0.493 e. The van der Waals surface area contributed by atoms with E-state index < -0.39 is 5.97 Å². The third kappa shape index (κ3) is 4.07. The van der Waals surface area contributed by atoms with Gasteiger partial charge in [0.05, 0.1) is 26.2 Å². The van der Waals surface area contributed by atoms with Gasteiger partial charge < -0.3 is 18.6 Å². The molecule has 0 saturated heterocycles. The van der Waals surface area contributed by atoms with Crippen molar-refractivity contribution in [3.05, 3.63) is 58.2 Å². The fraction of sp³-hybridized carbons (Fsp3) is 0.190. The van der Waals surface area contributed by atoms with Crippen LogP contribution in [0.3, 0.4) is 0 Å². The monoisotopic (exact) mass is 442 g/mol. The molecule has 0 amide bonds. The Labute approximate surface area is 180 Å². The molecule has 0 aliphatic rings. The fourth-order valence-corrected chi connectivity index (χ4v) is 4.45. The van der Waals surface area contributed by atoms with Gasteiger partial charge in [-0.15, -0.1) is 22.7 Å². The highest BCUT2D eigenvalue weighted by molar-refractivity contribution is 7.15. The number of carbonyl (C=O) groups is 1. The van der Waals surface area contributed by atoms with Crippen molar-refractivity contribution in [3.63, 3.8) is 0 Å². The predicted molar refractivity (Wildman–Crippen MR) is 114 cm³/mol. The zero-order valence-electron chi connectivity index (χ0n) is 16.5. The third-order valence-electron chi connectivity index (χ3n) is 4.26. The van der Waals surface area contributed by atoms with Crippen molar-refractivity contribution in [2.24, 2.45) is 0 Å². The quantitative estimate of drug-likeness (QED) is 0.363. The minimum atomic E-state index is -0.484. The maximum absolute atomic E-state index is 12.5. The van der Waals surface area contributed by atoms with Crippen LogP contribution in [-0.4, -0.2) is 30.2 Å². The zero-order chi connectivity index (χ0) is 21.1. The number of hydrogen-bond acceptors (Lipinski definition) is 9. The van der Waals surface area contributed by atoms with Crippen molar-refractivity contribution in [2.45, 2.75) is 13.5 Å². The largest absolute Gasteiger partial charge is 0.493 e. The molecule has 0 radical (unpaired) electrons. The molecule has 7 nitrogen and oxygen atoms in total. The van der Waals surface area contributed by atoms with Gasteiger partial charge in [-0.3, -0.25) is 0 Å². The smallest absolute Gasteiger partial charge is 0.358 e. The molecule has 0 spiro atoms. The summed E-state index contributed by atoms with van der Waals surface area (Å²) in [5, 5.41) is 3.31. The molecular weight excluding hydrogens is 424 g/mol. The number of carbonyl (C=O) groups excluding carboxylic acids is 1. The van der Waals surface area contributed by atoms with Crippen molar-refractivity contribution >= 4 is 28.6 Å². The molecule has 0 fully saturated rings. The van der Waals surface area contributed by atoms with Gasteiger partial charge in [0.1, 0.15) is 11.6 Å². The highest BCUT2D eigenvalue weighted by Crippen LogP contribution is 2.34. The first-order chi connectivity index (χ1) is 14.6. The molecular formula is C21H18N2O5S2. The van der Waals surface area contributed by atoms with E-state index in [9.17, 15) is 4.79 Å². The molecule has 1 aromatic carbocycles. The van der Waals surface area contributed by atoms with Crippen LogP contribution in [0.1, 0.15) is 21.1 Å². The molecule has 154 valence electrons. The van der Waals surface area contributed by atoms with E-state index in [1.807, 2.05) is 30.5 Å². The Balaban J connectivity index is 1.44. The molecule has 0 N–H and O–H groups in total. The van der Waals surface area contributed by atoms with Crippen LogP contribution in [0.25, 0.3) is 21.3 Å². The summed E-state index contributed by atoms with van der Waals surface area (Å²) in [5.74, 6) is 1.42. The first kappa shape index (κ1) is 20.1. The van der Waals surface area contributed by atoms with E-state index in [-0.39, 0.29) is 6.61 Å². The summed E-state index contributed by atoms with van der Waals surface area (Å²) in [6, 6.07) is 9.19. The molecule has 3 heterocycles. The van der Waals surface area contributed by atoms with Gasteiger partial charge in [0.25, 0.3) is 0 Å². The van der Waals surface area contributed by atoms with E-state index in [2.05, 4.69) is 9.97 Å². The van der Waals surface area contributed by atoms with Gasteiger partial charge in [-0.05, 0) is 37.3 Å². The summed E-state index contributed by atoms with van der Waals surface area (Å²) in [4.78, 5) is 22.2. The lowest BCUT2D eigenvalue weighted by atomic mass is 10.2. The Morgan fingerprint density at radius 2 is 1.93 bits per heavy atom. The number of benzene rings is 1. The molecule has 0 aliphatic heterocycles. The number of nitrogens with zero attached hydrogens (tertiary/aromatic N) is 2. The topological polar surface area (TPSA) is 83.7 Å². The highest BCUT2D eigenvalue weighted by Gasteiger charge is 2.19. The number of methoxy groups -OCH3 is 2. The van der Waals surface area contributed by atoms with Gasteiger partial charge in [-0.25, -0.2) is 14.8 Å². The Bertz CT molecular complexity index is 1160. The number of thiazole rings is 2. The van der Waals surface area contributed by atoms with Gasteiger partial charge in [0, 0.05) is 15.8 Å². The van der Waals surface area contributed by atoms with Gasteiger partial charge in [0.15, 0.2) is 28.0 Å². The van der Waals surface area contributed by atoms with Gasteiger partial charge in [0.2, 0.25) is 0 Å². The average molecular weight is 443 g/mol. The molecule has 0 atom stereocenters. The number of rotatable bonds is 7. The fourth-order valence-electron chi connectivity index (χ4n) is 2.77. The normalized spacial score (nSPS) is 10.8. The number of furan rings is 1. The summed E-state index contributed by atoms with van der Waals surface area (Å²) in [6.07, 6.45) is 1.57. The van der Waals surface area contributed by atoms with Gasteiger partial charge in [-0.1, -0.05) is 0 Å². The first-order valence-corrected chi connectivity index (χ1v) is 10.6.